The molecule has 1 aromatic rings. The maximum absolute atomic E-state index is 13.2. The van der Waals surface area contributed by atoms with Crippen molar-refractivity contribution < 1.29 is 31.1 Å². The van der Waals surface area contributed by atoms with E-state index in [1.165, 1.54) is 6.92 Å². The van der Waals surface area contributed by atoms with Gasteiger partial charge in [-0.25, -0.2) is 0 Å². The molecular weight excluding hydrogens is 430 g/mol. The van der Waals surface area contributed by atoms with Crippen molar-refractivity contribution in [3.05, 3.63) is 23.4 Å². The van der Waals surface area contributed by atoms with E-state index in [0.29, 0.717) is 0 Å². The summed E-state index contributed by atoms with van der Waals surface area (Å²) >= 11 is 0. The van der Waals surface area contributed by atoms with E-state index in [2.05, 4.69) is 35.6 Å². The highest BCUT2D eigenvalue weighted by Gasteiger charge is 2.38. The summed E-state index contributed by atoms with van der Waals surface area (Å²) in [7, 11) is 0. The second-order valence-electron chi connectivity index (χ2n) is 7.36. The smallest absolute Gasteiger partial charge is 0.422 e. The zero-order valence-electron chi connectivity index (χ0n) is 16.6. The fourth-order valence-electron chi connectivity index (χ4n) is 3.21. The molecule has 172 valence electrons. The van der Waals surface area contributed by atoms with Crippen LogP contribution in [0.2, 0.25) is 0 Å². The van der Waals surface area contributed by atoms with Gasteiger partial charge in [-0.1, -0.05) is 13.0 Å². The Balaban J connectivity index is 1.82. The monoisotopic (exact) mass is 452 g/mol. The number of allylic oxidation sites excluding steroid dienone is 3. The number of hydrogen-bond donors (Lipinski definition) is 3. The van der Waals surface area contributed by atoms with Gasteiger partial charge in [-0.15, -0.1) is 0 Å². The van der Waals surface area contributed by atoms with Gasteiger partial charge in [-0.3, -0.25) is 0 Å². The molecule has 0 bridgehead atoms. The Morgan fingerprint density at radius 2 is 1.74 bits per heavy atom. The lowest BCUT2D eigenvalue weighted by atomic mass is 9.91. The maximum atomic E-state index is 13.2. The standard InChI is InChI=1S/C18H22F6N6O/c1-10-2-3-12(8-13(10)18(22,23)24)27-15-28-14(26-11-4-6-25-7-5-11)29-16(30-15)31-9-17(19,20)21/h3,8,10-11,25H,2,4-7,9H2,1H3,(H2,26,27,28,29,30). The largest absolute Gasteiger partial charge is 0.454 e. The summed E-state index contributed by atoms with van der Waals surface area (Å²) in [5.41, 5.74) is -0.626. The Morgan fingerprint density at radius 3 is 2.39 bits per heavy atom. The Kier molecular flexibility index (Phi) is 6.92. The van der Waals surface area contributed by atoms with E-state index in [1.807, 2.05) is 0 Å². The molecule has 1 atom stereocenters. The van der Waals surface area contributed by atoms with Crippen molar-refractivity contribution in [1.29, 1.82) is 0 Å². The number of aromatic nitrogens is 3. The molecule has 1 aliphatic heterocycles. The van der Waals surface area contributed by atoms with Gasteiger partial charge in [-0.2, -0.15) is 41.3 Å². The lowest BCUT2D eigenvalue weighted by molar-refractivity contribution is -0.154. The highest BCUT2D eigenvalue weighted by Crippen LogP contribution is 2.36. The third-order valence-corrected chi connectivity index (χ3v) is 4.77. The van der Waals surface area contributed by atoms with Crippen molar-refractivity contribution >= 4 is 11.9 Å². The summed E-state index contributed by atoms with van der Waals surface area (Å²) in [6.07, 6.45) is -5.00. The van der Waals surface area contributed by atoms with Crippen LogP contribution in [0.15, 0.2) is 23.4 Å². The Morgan fingerprint density at radius 1 is 1.06 bits per heavy atom. The number of nitrogens with one attached hydrogen (secondary N) is 3. The molecule has 1 fully saturated rings. The van der Waals surface area contributed by atoms with Gasteiger partial charge in [0.25, 0.3) is 0 Å². The molecule has 31 heavy (non-hydrogen) atoms. The van der Waals surface area contributed by atoms with E-state index in [0.717, 1.165) is 32.0 Å². The molecule has 2 heterocycles. The number of rotatable bonds is 6. The predicted molar refractivity (Wildman–Crippen MR) is 101 cm³/mol. The van der Waals surface area contributed by atoms with E-state index in [4.69, 9.17) is 0 Å². The van der Waals surface area contributed by atoms with Gasteiger partial charge in [0, 0.05) is 17.3 Å². The number of hydrogen-bond acceptors (Lipinski definition) is 7. The summed E-state index contributed by atoms with van der Waals surface area (Å²) in [6, 6.07) is -0.602. The fourth-order valence-corrected chi connectivity index (χ4v) is 3.21. The average Bonchev–Trinajstić information content (AvgIpc) is 2.67. The first kappa shape index (κ1) is 23.1. The van der Waals surface area contributed by atoms with Crippen LogP contribution in [0.1, 0.15) is 26.2 Å². The van der Waals surface area contributed by atoms with Crippen LogP contribution in [-0.4, -0.2) is 53.0 Å². The molecule has 7 nitrogen and oxygen atoms in total. The van der Waals surface area contributed by atoms with E-state index in [-0.39, 0.29) is 30.1 Å². The Labute approximate surface area is 174 Å². The number of halogens is 6. The highest BCUT2D eigenvalue weighted by atomic mass is 19.4. The zero-order valence-corrected chi connectivity index (χ0v) is 16.6. The van der Waals surface area contributed by atoms with Crippen molar-refractivity contribution in [2.45, 2.75) is 44.6 Å². The summed E-state index contributed by atoms with van der Waals surface area (Å²) in [5.74, 6) is -0.958. The molecule has 0 amide bonds. The van der Waals surface area contributed by atoms with Crippen LogP contribution in [0, 0.1) is 5.92 Å². The third-order valence-electron chi connectivity index (χ3n) is 4.77. The molecule has 1 aromatic heterocycles. The van der Waals surface area contributed by atoms with Gasteiger partial charge in [0.1, 0.15) is 0 Å². The minimum Gasteiger partial charge on any atom is -0.454 e. The first-order valence-corrected chi connectivity index (χ1v) is 9.68. The molecule has 0 aromatic carbocycles. The molecule has 1 unspecified atom stereocenters. The number of alkyl halides is 6. The topological polar surface area (TPSA) is 84.0 Å². The minimum atomic E-state index is -4.60. The summed E-state index contributed by atoms with van der Waals surface area (Å²) in [6.45, 7) is 1.35. The molecule has 0 saturated carbocycles. The average molecular weight is 452 g/mol. The van der Waals surface area contributed by atoms with Crippen molar-refractivity contribution in [3.63, 3.8) is 0 Å². The molecule has 13 heteroatoms. The SMILES string of the molecule is CC1CC=C(Nc2nc(NC3CCNCC3)nc(OCC(F)(F)F)n2)C=C1C(F)(F)F. The van der Waals surface area contributed by atoms with Gasteiger partial charge in [-0.05, 0) is 44.3 Å². The van der Waals surface area contributed by atoms with E-state index < -0.39 is 36.5 Å². The second kappa shape index (κ2) is 9.28. The summed E-state index contributed by atoms with van der Waals surface area (Å²) < 4.78 is 81.8. The molecule has 1 aliphatic carbocycles. The number of piperidine rings is 1. The van der Waals surface area contributed by atoms with E-state index in [9.17, 15) is 26.3 Å². The molecule has 3 rings (SSSR count). The molecule has 1 saturated heterocycles. The van der Waals surface area contributed by atoms with Gasteiger partial charge < -0.3 is 20.7 Å². The lowest BCUT2D eigenvalue weighted by Crippen LogP contribution is -2.35. The number of anilines is 2. The van der Waals surface area contributed by atoms with E-state index >= 15 is 0 Å². The maximum Gasteiger partial charge on any atom is 0.422 e. The molecule has 3 N–H and O–H groups in total. The first-order chi connectivity index (χ1) is 14.5. The number of ether oxygens (including phenoxy) is 1. The molecule has 2 aliphatic rings. The zero-order chi connectivity index (χ0) is 22.6. The van der Waals surface area contributed by atoms with Gasteiger partial charge in [0.15, 0.2) is 6.61 Å². The predicted octanol–water partition coefficient (Wildman–Crippen LogP) is 3.80. The van der Waals surface area contributed by atoms with Gasteiger partial charge in [0.2, 0.25) is 11.9 Å². The van der Waals surface area contributed by atoms with Crippen molar-refractivity contribution in [1.82, 2.24) is 20.3 Å². The van der Waals surface area contributed by atoms with Crippen LogP contribution in [0.3, 0.4) is 0 Å². The van der Waals surface area contributed by atoms with Crippen LogP contribution in [0.5, 0.6) is 6.01 Å². The fraction of sp³-hybridized carbons (Fsp3) is 0.611. The Bertz CT molecular complexity index is 832. The third kappa shape index (κ3) is 6.97. The first-order valence-electron chi connectivity index (χ1n) is 9.68. The number of nitrogens with zero attached hydrogens (tertiary/aromatic N) is 3. The summed E-state index contributed by atoms with van der Waals surface area (Å²) in [4.78, 5) is 11.7. The second-order valence-corrected chi connectivity index (χ2v) is 7.36. The van der Waals surface area contributed by atoms with Crippen molar-refractivity contribution in [2.75, 3.05) is 30.3 Å². The van der Waals surface area contributed by atoms with Crippen LogP contribution in [0.4, 0.5) is 38.2 Å². The molecule has 0 spiro atoms. The summed E-state index contributed by atoms with van der Waals surface area (Å²) in [5, 5.41) is 8.82. The van der Waals surface area contributed by atoms with Crippen molar-refractivity contribution in [3.8, 4) is 6.01 Å². The van der Waals surface area contributed by atoms with Crippen LogP contribution in [-0.2, 0) is 0 Å². The van der Waals surface area contributed by atoms with Crippen LogP contribution >= 0.6 is 0 Å². The van der Waals surface area contributed by atoms with Crippen LogP contribution in [0.25, 0.3) is 0 Å². The van der Waals surface area contributed by atoms with Crippen molar-refractivity contribution in [2.24, 2.45) is 5.92 Å². The highest BCUT2D eigenvalue weighted by molar-refractivity contribution is 5.46. The van der Waals surface area contributed by atoms with Gasteiger partial charge >= 0.3 is 18.4 Å². The Hall–Kier alpha value is -2.57. The quantitative estimate of drug-likeness (QED) is 0.567. The van der Waals surface area contributed by atoms with Gasteiger partial charge in [0.05, 0.1) is 0 Å². The normalized spacial score (nSPS) is 20.7. The van der Waals surface area contributed by atoms with Crippen LogP contribution < -0.4 is 20.7 Å². The molecule has 0 radical (unpaired) electrons. The lowest BCUT2D eigenvalue weighted by Gasteiger charge is -2.24. The molecular formula is C18H22F6N6O. The minimum absolute atomic E-state index is 0.0153. The van der Waals surface area contributed by atoms with E-state index in [1.54, 1.807) is 6.08 Å².